The molecule has 3 aromatic rings. The quantitative estimate of drug-likeness (QED) is 0.558. The number of aromatic nitrogens is 2. The highest BCUT2D eigenvalue weighted by Gasteiger charge is 2.47. The Bertz CT molecular complexity index is 1080. The minimum absolute atomic E-state index is 0.0967. The smallest absolute Gasteiger partial charge is 0.410 e. The van der Waals surface area contributed by atoms with Crippen molar-refractivity contribution in [1.82, 2.24) is 9.78 Å². The predicted octanol–water partition coefficient (Wildman–Crippen LogP) is 5.69. The lowest BCUT2D eigenvalue weighted by molar-refractivity contribution is -0.174. The average molecular weight is 432 g/mol. The number of furan rings is 1. The lowest BCUT2D eigenvalue weighted by atomic mass is 9.86. The van der Waals surface area contributed by atoms with Crippen LogP contribution in [-0.2, 0) is 5.41 Å². The first-order valence-electron chi connectivity index (χ1n) is 9.91. The van der Waals surface area contributed by atoms with Gasteiger partial charge in [-0.3, -0.25) is 4.79 Å². The van der Waals surface area contributed by atoms with Gasteiger partial charge in [-0.15, -0.1) is 0 Å². The maximum Gasteiger partial charge on any atom is 0.410 e. The number of rotatable bonds is 3. The molecule has 1 aliphatic rings. The zero-order valence-corrected chi connectivity index (χ0v) is 17.3. The van der Waals surface area contributed by atoms with Crippen molar-refractivity contribution in [1.29, 1.82) is 0 Å². The van der Waals surface area contributed by atoms with Gasteiger partial charge in [-0.2, -0.15) is 18.3 Å². The summed E-state index contributed by atoms with van der Waals surface area (Å²) in [6, 6.07) is 9.36. The summed E-state index contributed by atoms with van der Waals surface area (Å²) >= 11 is 0. The van der Waals surface area contributed by atoms with Crippen LogP contribution < -0.4 is 10.6 Å². The third-order valence-corrected chi connectivity index (χ3v) is 5.29. The molecule has 0 saturated heterocycles. The minimum Gasteiger partial charge on any atom is -0.467 e. The van der Waals surface area contributed by atoms with Gasteiger partial charge in [0.15, 0.2) is 11.7 Å². The van der Waals surface area contributed by atoms with Gasteiger partial charge in [0.25, 0.3) is 5.91 Å². The van der Waals surface area contributed by atoms with Gasteiger partial charge < -0.3 is 15.1 Å². The molecule has 1 aliphatic heterocycles. The van der Waals surface area contributed by atoms with E-state index in [-0.39, 0.29) is 23.3 Å². The number of alkyl halides is 3. The Hall–Kier alpha value is -3.23. The first-order chi connectivity index (χ1) is 14.5. The van der Waals surface area contributed by atoms with Crippen molar-refractivity contribution >= 4 is 17.4 Å². The van der Waals surface area contributed by atoms with Crippen LogP contribution in [0.1, 0.15) is 61.1 Å². The summed E-state index contributed by atoms with van der Waals surface area (Å²) < 4.78 is 47.4. The molecule has 31 heavy (non-hydrogen) atoms. The zero-order valence-electron chi connectivity index (χ0n) is 17.3. The van der Waals surface area contributed by atoms with Crippen LogP contribution in [0.25, 0.3) is 0 Å². The molecule has 6 nitrogen and oxygen atoms in total. The van der Waals surface area contributed by atoms with Crippen LogP contribution >= 0.6 is 0 Å². The van der Waals surface area contributed by atoms with Gasteiger partial charge in [0.1, 0.15) is 11.6 Å². The van der Waals surface area contributed by atoms with Gasteiger partial charge in [-0.05, 0) is 29.2 Å². The van der Waals surface area contributed by atoms with E-state index in [2.05, 4.69) is 15.7 Å². The number of nitrogens with one attached hydrogen (secondary N) is 2. The molecular formula is C22H23F3N4O2. The van der Waals surface area contributed by atoms with Gasteiger partial charge in [-0.25, -0.2) is 4.68 Å². The Labute approximate surface area is 177 Å². The Morgan fingerprint density at radius 3 is 2.58 bits per heavy atom. The summed E-state index contributed by atoms with van der Waals surface area (Å²) in [5, 5.41) is 9.79. The Kier molecular flexibility index (Phi) is 5.07. The number of para-hydroxylation sites is 1. The van der Waals surface area contributed by atoms with Crippen molar-refractivity contribution in [2.24, 2.45) is 0 Å². The van der Waals surface area contributed by atoms with Crippen LogP contribution in [-0.4, -0.2) is 21.9 Å². The second-order valence-corrected chi connectivity index (χ2v) is 8.61. The van der Waals surface area contributed by atoms with E-state index in [1.165, 1.54) is 12.3 Å². The standard InChI is InChI=1S/C22H23F3N4O2/c1-21(2,3)13-7-4-5-8-14(13)27-20(30)16-12-19-26-15(17-9-6-10-31-17)11-18(22(23,24)25)29(19)28-16/h4-10,12,15,18,26H,11H2,1-3H3,(H,27,30)/t15-,18+/m1/s1. The summed E-state index contributed by atoms with van der Waals surface area (Å²) in [5.41, 5.74) is 1.19. The lowest BCUT2D eigenvalue weighted by Crippen LogP contribution is -2.35. The molecule has 9 heteroatoms. The number of hydrogen-bond acceptors (Lipinski definition) is 4. The summed E-state index contributed by atoms with van der Waals surface area (Å²) in [6.07, 6.45) is -3.41. The fourth-order valence-electron chi connectivity index (χ4n) is 3.79. The van der Waals surface area contributed by atoms with Crippen molar-refractivity contribution in [3.05, 3.63) is 65.7 Å². The van der Waals surface area contributed by atoms with Crippen LogP contribution in [0, 0.1) is 0 Å². The molecular weight excluding hydrogens is 409 g/mol. The van der Waals surface area contributed by atoms with E-state index in [0.29, 0.717) is 11.4 Å². The average Bonchev–Trinajstić information content (AvgIpc) is 3.35. The fourth-order valence-corrected chi connectivity index (χ4v) is 3.79. The molecule has 0 radical (unpaired) electrons. The van der Waals surface area contributed by atoms with E-state index in [1.807, 2.05) is 32.9 Å². The number of halogens is 3. The van der Waals surface area contributed by atoms with Gasteiger partial charge in [-0.1, -0.05) is 39.0 Å². The molecule has 4 rings (SSSR count). The normalized spacial score (nSPS) is 18.9. The second-order valence-electron chi connectivity index (χ2n) is 8.61. The summed E-state index contributed by atoms with van der Waals surface area (Å²) in [7, 11) is 0. The highest BCUT2D eigenvalue weighted by molar-refractivity contribution is 6.03. The Morgan fingerprint density at radius 2 is 1.94 bits per heavy atom. The molecule has 1 aromatic carbocycles. The lowest BCUT2D eigenvalue weighted by Gasteiger charge is -2.32. The number of carbonyl (C=O) groups excluding carboxylic acids is 1. The molecule has 1 amide bonds. The van der Waals surface area contributed by atoms with Crippen molar-refractivity contribution in [2.45, 2.75) is 50.9 Å². The van der Waals surface area contributed by atoms with Crippen molar-refractivity contribution in [3.63, 3.8) is 0 Å². The van der Waals surface area contributed by atoms with E-state index < -0.39 is 24.2 Å². The van der Waals surface area contributed by atoms with Crippen molar-refractivity contribution in [2.75, 3.05) is 10.6 Å². The van der Waals surface area contributed by atoms with Crippen molar-refractivity contribution < 1.29 is 22.4 Å². The molecule has 0 bridgehead atoms. The molecule has 0 spiro atoms. The number of hydrogen-bond donors (Lipinski definition) is 2. The molecule has 0 fully saturated rings. The number of benzene rings is 1. The van der Waals surface area contributed by atoms with E-state index >= 15 is 0 Å². The third-order valence-electron chi connectivity index (χ3n) is 5.29. The monoisotopic (exact) mass is 432 g/mol. The van der Waals surface area contributed by atoms with Crippen LogP contribution in [0.5, 0.6) is 0 Å². The van der Waals surface area contributed by atoms with Crippen LogP contribution in [0.15, 0.2) is 53.1 Å². The predicted molar refractivity (Wildman–Crippen MR) is 110 cm³/mol. The molecule has 0 unspecified atom stereocenters. The number of fused-ring (bicyclic) bond motifs is 1. The largest absolute Gasteiger partial charge is 0.467 e. The highest BCUT2D eigenvalue weighted by atomic mass is 19.4. The molecule has 0 saturated carbocycles. The van der Waals surface area contributed by atoms with Gasteiger partial charge in [0.2, 0.25) is 0 Å². The second kappa shape index (κ2) is 7.47. The third kappa shape index (κ3) is 4.17. The molecule has 0 aliphatic carbocycles. The topological polar surface area (TPSA) is 72.1 Å². The SMILES string of the molecule is CC(C)(C)c1ccccc1NC(=O)c1cc2n(n1)[C@H](C(F)(F)F)C[C@H](c1ccco1)N2. The highest BCUT2D eigenvalue weighted by Crippen LogP contribution is 2.43. The molecule has 2 N–H and O–H groups in total. The maximum absolute atomic E-state index is 13.8. The van der Waals surface area contributed by atoms with Gasteiger partial charge >= 0.3 is 6.18 Å². The number of carbonyl (C=O) groups is 1. The van der Waals surface area contributed by atoms with E-state index in [4.69, 9.17) is 4.42 Å². The minimum atomic E-state index is -4.53. The molecule has 3 heterocycles. The van der Waals surface area contributed by atoms with E-state index in [9.17, 15) is 18.0 Å². The fraction of sp³-hybridized carbons (Fsp3) is 0.364. The van der Waals surface area contributed by atoms with Gasteiger partial charge in [0, 0.05) is 18.2 Å². The zero-order chi connectivity index (χ0) is 22.4. The Balaban J connectivity index is 1.65. The Morgan fingerprint density at radius 1 is 1.19 bits per heavy atom. The van der Waals surface area contributed by atoms with Crippen LogP contribution in [0.4, 0.5) is 24.7 Å². The first kappa shape index (κ1) is 21.0. The maximum atomic E-state index is 13.8. The number of nitrogens with zero attached hydrogens (tertiary/aromatic N) is 2. The van der Waals surface area contributed by atoms with Gasteiger partial charge in [0.05, 0.1) is 12.3 Å². The number of anilines is 2. The van der Waals surface area contributed by atoms with E-state index in [1.54, 1.807) is 24.3 Å². The summed E-state index contributed by atoms with van der Waals surface area (Å²) in [5.74, 6) is -0.0630. The van der Waals surface area contributed by atoms with Crippen molar-refractivity contribution in [3.8, 4) is 0 Å². The van der Waals surface area contributed by atoms with Crippen LogP contribution in [0.3, 0.4) is 0 Å². The molecule has 2 aromatic heterocycles. The number of amides is 1. The first-order valence-corrected chi connectivity index (χ1v) is 9.91. The van der Waals surface area contributed by atoms with E-state index in [0.717, 1.165) is 10.2 Å². The summed E-state index contributed by atoms with van der Waals surface area (Å²) in [6.45, 7) is 6.04. The van der Waals surface area contributed by atoms with Crippen LogP contribution in [0.2, 0.25) is 0 Å². The summed E-state index contributed by atoms with van der Waals surface area (Å²) in [4.78, 5) is 12.9. The molecule has 2 atom stereocenters. The molecule has 164 valence electrons.